The number of amides is 1. The molecule has 0 bridgehead atoms. The van der Waals surface area contributed by atoms with E-state index >= 15 is 0 Å². The van der Waals surface area contributed by atoms with Crippen LogP contribution in [0.15, 0.2) is 59.6 Å². The monoisotopic (exact) mass is 266 g/mol. The van der Waals surface area contributed by atoms with Gasteiger partial charge in [0.15, 0.2) is 0 Å². The van der Waals surface area contributed by atoms with Crippen molar-refractivity contribution in [3.8, 4) is 11.4 Å². The zero-order valence-corrected chi connectivity index (χ0v) is 10.4. The fourth-order valence-corrected chi connectivity index (χ4v) is 1.74. The molecule has 1 aromatic carbocycles. The highest BCUT2D eigenvalue weighted by molar-refractivity contribution is 6.05. The lowest BCUT2D eigenvalue weighted by Crippen LogP contribution is -2.13. The lowest BCUT2D eigenvalue weighted by molar-refractivity contribution is 0.102. The molecule has 6 heteroatoms. The molecule has 1 N–H and O–H groups in total. The third kappa shape index (κ3) is 2.39. The van der Waals surface area contributed by atoms with E-state index in [1.54, 1.807) is 42.6 Å². The van der Waals surface area contributed by atoms with Crippen molar-refractivity contribution in [2.75, 3.05) is 5.32 Å². The van der Waals surface area contributed by atoms with Crippen LogP contribution in [-0.4, -0.2) is 21.0 Å². The normalized spacial score (nSPS) is 10.2. The number of nitrogens with one attached hydrogen (secondary N) is 1. The second-order valence-electron chi connectivity index (χ2n) is 3.97. The molecule has 6 nitrogen and oxygen atoms in total. The summed E-state index contributed by atoms with van der Waals surface area (Å²) in [6.45, 7) is 0. The van der Waals surface area contributed by atoms with Crippen LogP contribution in [0.4, 0.5) is 5.82 Å². The van der Waals surface area contributed by atoms with Gasteiger partial charge in [-0.05, 0) is 24.3 Å². The van der Waals surface area contributed by atoms with Gasteiger partial charge in [0.1, 0.15) is 5.82 Å². The topological polar surface area (TPSA) is 80.9 Å². The maximum atomic E-state index is 12.1. The number of aromatic nitrogens is 3. The molecular formula is C14H10N4O2. The number of benzene rings is 1. The summed E-state index contributed by atoms with van der Waals surface area (Å²) in [5.74, 6) is 0.526. The minimum absolute atomic E-state index is 0.242. The first-order valence-corrected chi connectivity index (χ1v) is 5.93. The van der Waals surface area contributed by atoms with Crippen LogP contribution in [0.3, 0.4) is 0 Å². The van der Waals surface area contributed by atoms with E-state index in [1.807, 2.05) is 6.07 Å². The van der Waals surface area contributed by atoms with E-state index < -0.39 is 0 Å². The van der Waals surface area contributed by atoms with Gasteiger partial charge in [-0.15, -0.1) is 0 Å². The van der Waals surface area contributed by atoms with Gasteiger partial charge in [0, 0.05) is 11.8 Å². The highest BCUT2D eigenvalue weighted by atomic mass is 16.5. The summed E-state index contributed by atoms with van der Waals surface area (Å²) in [5, 5.41) is 6.49. The van der Waals surface area contributed by atoms with Gasteiger partial charge in [0.25, 0.3) is 5.91 Å². The summed E-state index contributed by atoms with van der Waals surface area (Å²) in [4.78, 5) is 20.2. The molecule has 0 aliphatic heterocycles. The van der Waals surface area contributed by atoms with Crippen molar-refractivity contribution in [1.29, 1.82) is 0 Å². The summed E-state index contributed by atoms with van der Waals surface area (Å²) in [5.41, 5.74) is 1.16. The van der Waals surface area contributed by atoms with Crippen LogP contribution < -0.4 is 5.32 Å². The Hall–Kier alpha value is -3.02. The molecule has 98 valence electrons. The molecule has 0 fully saturated rings. The van der Waals surface area contributed by atoms with Crippen molar-refractivity contribution in [3.05, 3.63) is 60.6 Å². The van der Waals surface area contributed by atoms with Crippen molar-refractivity contribution in [1.82, 2.24) is 15.1 Å². The van der Waals surface area contributed by atoms with Crippen molar-refractivity contribution in [2.24, 2.45) is 0 Å². The molecule has 0 aliphatic carbocycles. The van der Waals surface area contributed by atoms with E-state index in [2.05, 4.69) is 20.4 Å². The van der Waals surface area contributed by atoms with Crippen molar-refractivity contribution in [2.45, 2.75) is 0 Å². The van der Waals surface area contributed by atoms with Crippen molar-refractivity contribution in [3.63, 3.8) is 0 Å². The van der Waals surface area contributed by atoms with Crippen LogP contribution in [-0.2, 0) is 0 Å². The highest BCUT2D eigenvalue weighted by Gasteiger charge is 2.13. The quantitative estimate of drug-likeness (QED) is 0.787. The van der Waals surface area contributed by atoms with E-state index in [1.165, 1.54) is 6.39 Å². The largest absolute Gasteiger partial charge is 0.342 e. The second-order valence-corrected chi connectivity index (χ2v) is 3.97. The minimum atomic E-state index is -0.242. The van der Waals surface area contributed by atoms with Gasteiger partial charge in [-0.1, -0.05) is 23.4 Å². The molecular weight excluding hydrogens is 256 g/mol. The molecule has 2 heterocycles. The van der Waals surface area contributed by atoms with Gasteiger partial charge < -0.3 is 9.84 Å². The maximum Gasteiger partial charge on any atom is 0.256 e. The fourth-order valence-electron chi connectivity index (χ4n) is 1.74. The van der Waals surface area contributed by atoms with Gasteiger partial charge in [-0.2, -0.15) is 4.98 Å². The third-order valence-electron chi connectivity index (χ3n) is 2.68. The predicted molar refractivity (Wildman–Crippen MR) is 71.9 cm³/mol. The average molecular weight is 266 g/mol. The number of rotatable bonds is 3. The maximum absolute atomic E-state index is 12.1. The van der Waals surface area contributed by atoms with Crippen LogP contribution in [0.2, 0.25) is 0 Å². The second kappa shape index (κ2) is 5.31. The summed E-state index contributed by atoms with van der Waals surface area (Å²) in [6, 6.07) is 12.4. The third-order valence-corrected chi connectivity index (χ3v) is 2.68. The van der Waals surface area contributed by atoms with Crippen LogP contribution in [0.25, 0.3) is 11.4 Å². The molecule has 0 radical (unpaired) electrons. The van der Waals surface area contributed by atoms with Crippen molar-refractivity contribution >= 4 is 11.7 Å². The van der Waals surface area contributed by atoms with Crippen LogP contribution in [0, 0.1) is 0 Å². The minimum Gasteiger partial charge on any atom is -0.342 e. The number of anilines is 1. The van der Waals surface area contributed by atoms with Gasteiger partial charge in [0.2, 0.25) is 12.2 Å². The summed E-state index contributed by atoms with van der Waals surface area (Å²) >= 11 is 0. The number of carbonyl (C=O) groups excluding carboxylic acids is 1. The standard InChI is InChI=1S/C14H10N4O2/c19-14(10-5-2-1-3-6-10)17-12-11(7-4-8-15-12)13-16-9-20-18-13/h1-9H,(H,15,17,19). The average Bonchev–Trinajstić information content (AvgIpc) is 3.03. The SMILES string of the molecule is O=C(Nc1ncccc1-c1ncon1)c1ccccc1. The Bertz CT molecular complexity index is 711. The zero-order valence-electron chi connectivity index (χ0n) is 10.4. The molecule has 0 saturated carbocycles. The first kappa shape index (κ1) is 12.0. The van der Waals surface area contributed by atoms with Gasteiger partial charge in [-0.25, -0.2) is 4.98 Å². The Kier molecular flexibility index (Phi) is 3.20. The lowest BCUT2D eigenvalue weighted by atomic mass is 10.2. The Labute approximate surface area is 114 Å². The Morgan fingerprint density at radius 3 is 2.65 bits per heavy atom. The molecule has 2 aromatic heterocycles. The first-order chi connectivity index (χ1) is 9.84. The predicted octanol–water partition coefficient (Wildman–Crippen LogP) is 2.38. The van der Waals surface area contributed by atoms with Gasteiger partial charge in [0.05, 0.1) is 5.56 Å². The smallest absolute Gasteiger partial charge is 0.256 e. The summed E-state index contributed by atoms with van der Waals surface area (Å²) in [6.07, 6.45) is 2.81. The van der Waals surface area contributed by atoms with Crippen LogP contribution in [0.5, 0.6) is 0 Å². The molecule has 0 saturated heterocycles. The van der Waals surface area contributed by atoms with E-state index in [9.17, 15) is 4.79 Å². The number of hydrogen-bond donors (Lipinski definition) is 1. The molecule has 3 rings (SSSR count). The zero-order chi connectivity index (χ0) is 13.8. The van der Waals surface area contributed by atoms with Crippen LogP contribution >= 0.6 is 0 Å². The molecule has 0 unspecified atom stereocenters. The summed E-state index contributed by atoms with van der Waals surface area (Å²) < 4.78 is 4.71. The molecule has 0 atom stereocenters. The first-order valence-electron chi connectivity index (χ1n) is 5.93. The molecule has 20 heavy (non-hydrogen) atoms. The Morgan fingerprint density at radius 2 is 1.90 bits per heavy atom. The van der Waals surface area contributed by atoms with E-state index in [0.717, 1.165) is 0 Å². The molecule has 0 aliphatic rings. The highest BCUT2D eigenvalue weighted by Crippen LogP contribution is 2.22. The van der Waals surface area contributed by atoms with Gasteiger partial charge in [-0.3, -0.25) is 4.79 Å². The van der Waals surface area contributed by atoms with E-state index in [0.29, 0.717) is 22.8 Å². The Balaban J connectivity index is 1.90. The van der Waals surface area contributed by atoms with Crippen molar-refractivity contribution < 1.29 is 9.32 Å². The van der Waals surface area contributed by atoms with Gasteiger partial charge >= 0.3 is 0 Å². The summed E-state index contributed by atoms with van der Waals surface area (Å²) in [7, 11) is 0. The fraction of sp³-hybridized carbons (Fsp3) is 0. The molecule has 0 spiro atoms. The van der Waals surface area contributed by atoms with Crippen LogP contribution in [0.1, 0.15) is 10.4 Å². The van der Waals surface area contributed by atoms with E-state index in [4.69, 9.17) is 4.52 Å². The molecule has 3 aromatic rings. The number of pyridine rings is 1. The Morgan fingerprint density at radius 1 is 1.05 bits per heavy atom. The number of hydrogen-bond acceptors (Lipinski definition) is 5. The number of nitrogens with zero attached hydrogens (tertiary/aromatic N) is 3. The van der Waals surface area contributed by atoms with E-state index in [-0.39, 0.29) is 5.91 Å². The number of carbonyl (C=O) groups is 1. The lowest BCUT2D eigenvalue weighted by Gasteiger charge is -2.07. The molecule has 1 amide bonds.